The second-order valence-electron chi connectivity index (χ2n) is 5.18. The molecule has 108 valence electrons. The Morgan fingerprint density at radius 1 is 1.30 bits per heavy atom. The Kier molecular flexibility index (Phi) is 5.15. The maximum absolute atomic E-state index is 4.59. The Morgan fingerprint density at radius 3 is 2.70 bits per heavy atom. The first kappa shape index (κ1) is 15.0. The van der Waals surface area contributed by atoms with Gasteiger partial charge in [-0.05, 0) is 25.5 Å². The molecule has 1 heterocycles. The van der Waals surface area contributed by atoms with Crippen molar-refractivity contribution in [3.05, 3.63) is 40.9 Å². The van der Waals surface area contributed by atoms with E-state index in [1.54, 1.807) is 11.3 Å². The molecule has 0 bridgehead atoms. The first-order valence-corrected chi connectivity index (χ1v) is 7.94. The molecule has 0 spiro atoms. The van der Waals surface area contributed by atoms with Crippen LogP contribution in [0.2, 0.25) is 0 Å². The number of para-hydroxylation sites is 1. The van der Waals surface area contributed by atoms with E-state index in [2.05, 4.69) is 67.2 Å². The average molecular weight is 289 g/mol. The largest absolute Gasteiger partial charge is 0.318 e. The van der Waals surface area contributed by atoms with Gasteiger partial charge in [0.1, 0.15) is 0 Å². The highest BCUT2D eigenvalue weighted by Crippen LogP contribution is 2.31. The van der Waals surface area contributed by atoms with E-state index in [0.29, 0.717) is 6.04 Å². The van der Waals surface area contributed by atoms with Gasteiger partial charge in [-0.3, -0.25) is 0 Å². The molecule has 1 N–H and O–H groups in total. The topological polar surface area (TPSA) is 28.2 Å². The van der Waals surface area contributed by atoms with Crippen LogP contribution in [0.25, 0.3) is 0 Å². The molecule has 0 aliphatic rings. The Bertz CT molecular complexity index is 548. The summed E-state index contributed by atoms with van der Waals surface area (Å²) in [5.74, 6) is 0. The van der Waals surface area contributed by atoms with Crippen LogP contribution in [0.3, 0.4) is 0 Å². The minimum Gasteiger partial charge on any atom is -0.318 e. The molecule has 0 saturated carbocycles. The van der Waals surface area contributed by atoms with Crippen molar-refractivity contribution in [3.63, 3.8) is 0 Å². The SMILES string of the molecule is CCN(c1ncc(CNC(C)C)s1)c1ccccc1C. The number of nitrogens with zero attached hydrogens (tertiary/aromatic N) is 2. The van der Waals surface area contributed by atoms with Crippen LogP contribution < -0.4 is 10.2 Å². The standard InChI is InChI=1S/C16H23N3S/c1-5-19(15-9-7-6-8-13(15)4)16-18-11-14(20-16)10-17-12(2)3/h6-9,11-12,17H,5,10H2,1-4H3. The molecule has 2 rings (SSSR count). The fourth-order valence-electron chi connectivity index (χ4n) is 2.08. The average Bonchev–Trinajstić information content (AvgIpc) is 2.88. The molecule has 0 aliphatic carbocycles. The number of aromatic nitrogens is 1. The molecule has 0 amide bonds. The highest BCUT2D eigenvalue weighted by molar-refractivity contribution is 7.15. The van der Waals surface area contributed by atoms with E-state index in [9.17, 15) is 0 Å². The first-order chi connectivity index (χ1) is 9.61. The fraction of sp³-hybridized carbons (Fsp3) is 0.438. The zero-order valence-corrected chi connectivity index (χ0v) is 13.5. The van der Waals surface area contributed by atoms with Gasteiger partial charge >= 0.3 is 0 Å². The molecule has 0 radical (unpaired) electrons. The zero-order valence-electron chi connectivity index (χ0n) is 12.7. The Hall–Kier alpha value is -1.39. The minimum atomic E-state index is 0.499. The highest BCUT2D eigenvalue weighted by Gasteiger charge is 2.13. The molecular weight excluding hydrogens is 266 g/mol. The third-order valence-corrected chi connectivity index (χ3v) is 4.20. The van der Waals surface area contributed by atoms with Gasteiger partial charge in [-0.1, -0.05) is 32.0 Å². The van der Waals surface area contributed by atoms with Crippen LogP contribution in [0.4, 0.5) is 10.8 Å². The summed E-state index contributed by atoms with van der Waals surface area (Å²) in [5.41, 5.74) is 2.53. The van der Waals surface area contributed by atoms with Crippen LogP contribution in [0, 0.1) is 6.92 Å². The molecule has 3 nitrogen and oxygen atoms in total. The highest BCUT2D eigenvalue weighted by atomic mass is 32.1. The van der Waals surface area contributed by atoms with E-state index in [-0.39, 0.29) is 0 Å². The van der Waals surface area contributed by atoms with Crippen molar-refractivity contribution < 1.29 is 0 Å². The van der Waals surface area contributed by atoms with Gasteiger partial charge < -0.3 is 10.2 Å². The lowest BCUT2D eigenvalue weighted by Gasteiger charge is -2.21. The third kappa shape index (κ3) is 3.58. The lowest BCUT2D eigenvalue weighted by molar-refractivity contribution is 0.593. The fourth-order valence-corrected chi connectivity index (χ4v) is 3.02. The van der Waals surface area contributed by atoms with Crippen molar-refractivity contribution in [1.29, 1.82) is 0 Å². The van der Waals surface area contributed by atoms with E-state index in [1.165, 1.54) is 16.1 Å². The summed E-state index contributed by atoms with van der Waals surface area (Å²) >= 11 is 1.76. The minimum absolute atomic E-state index is 0.499. The summed E-state index contributed by atoms with van der Waals surface area (Å²) in [5, 5.41) is 4.51. The van der Waals surface area contributed by atoms with E-state index in [4.69, 9.17) is 0 Å². The Morgan fingerprint density at radius 2 is 2.05 bits per heavy atom. The van der Waals surface area contributed by atoms with Crippen molar-refractivity contribution in [2.24, 2.45) is 0 Å². The molecule has 0 saturated heterocycles. The zero-order chi connectivity index (χ0) is 14.5. The number of rotatable bonds is 6. The summed E-state index contributed by atoms with van der Waals surface area (Å²) in [6.45, 7) is 10.4. The summed E-state index contributed by atoms with van der Waals surface area (Å²) in [7, 11) is 0. The normalized spacial score (nSPS) is 11.1. The molecular formula is C16H23N3S. The summed E-state index contributed by atoms with van der Waals surface area (Å²) in [4.78, 5) is 8.14. The van der Waals surface area contributed by atoms with Crippen LogP contribution in [0.1, 0.15) is 31.2 Å². The second kappa shape index (κ2) is 6.86. The van der Waals surface area contributed by atoms with Crippen LogP contribution in [0.15, 0.2) is 30.5 Å². The number of aryl methyl sites for hydroxylation is 1. The van der Waals surface area contributed by atoms with E-state index >= 15 is 0 Å². The summed E-state index contributed by atoms with van der Waals surface area (Å²) in [6, 6.07) is 8.96. The summed E-state index contributed by atoms with van der Waals surface area (Å²) < 4.78 is 0. The first-order valence-electron chi connectivity index (χ1n) is 7.13. The Balaban J connectivity index is 2.18. The van der Waals surface area contributed by atoms with Gasteiger partial charge in [-0.25, -0.2) is 4.98 Å². The van der Waals surface area contributed by atoms with Crippen LogP contribution in [-0.2, 0) is 6.54 Å². The van der Waals surface area contributed by atoms with E-state index in [0.717, 1.165) is 18.2 Å². The quantitative estimate of drug-likeness (QED) is 0.867. The predicted molar refractivity (Wildman–Crippen MR) is 87.9 cm³/mol. The molecule has 2 aromatic rings. The number of benzene rings is 1. The van der Waals surface area contributed by atoms with Crippen LogP contribution in [0.5, 0.6) is 0 Å². The lowest BCUT2D eigenvalue weighted by Crippen LogP contribution is -2.21. The van der Waals surface area contributed by atoms with Gasteiger partial charge in [-0.15, -0.1) is 11.3 Å². The van der Waals surface area contributed by atoms with Gasteiger partial charge in [0, 0.05) is 35.9 Å². The smallest absolute Gasteiger partial charge is 0.190 e. The maximum Gasteiger partial charge on any atom is 0.190 e. The third-order valence-electron chi connectivity index (χ3n) is 3.18. The number of hydrogen-bond acceptors (Lipinski definition) is 4. The van der Waals surface area contributed by atoms with Crippen molar-refractivity contribution in [2.75, 3.05) is 11.4 Å². The molecule has 20 heavy (non-hydrogen) atoms. The molecule has 0 fully saturated rings. The van der Waals surface area contributed by atoms with Gasteiger partial charge in [0.25, 0.3) is 0 Å². The van der Waals surface area contributed by atoms with Gasteiger partial charge in [0.2, 0.25) is 0 Å². The van der Waals surface area contributed by atoms with Crippen molar-refractivity contribution in [3.8, 4) is 0 Å². The van der Waals surface area contributed by atoms with E-state index < -0.39 is 0 Å². The van der Waals surface area contributed by atoms with E-state index in [1.807, 2.05) is 6.20 Å². The Labute approximate surface area is 125 Å². The van der Waals surface area contributed by atoms with Gasteiger partial charge in [0.05, 0.1) is 0 Å². The molecule has 0 atom stereocenters. The molecule has 4 heteroatoms. The van der Waals surface area contributed by atoms with Crippen LogP contribution in [-0.4, -0.2) is 17.6 Å². The second-order valence-corrected chi connectivity index (χ2v) is 6.27. The van der Waals surface area contributed by atoms with Gasteiger partial charge in [-0.2, -0.15) is 0 Å². The van der Waals surface area contributed by atoms with Crippen LogP contribution >= 0.6 is 11.3 Å². The number of hydrogen-bond donors (Lipinski definition) is 1. The summed E-state index contributed by atoms with van der Waals surface area (Å²) in [6.07, 6.45) is 1.98. The maximum atomic E-state index is 4.59. The number of nitrogens with one attached hydrogen (secondary N) is 1. The molecule has 0 unspecified atom stereocenters. The van der Waals surface area contributed by atoms with Crippen molar-refractivity contribution in [2.45, 2.75) is 40.3 Å². The number of anilines is 2. The molecule has 0 aliphatic heterocycles. The monoisotopic (exact) mass is 289 g/mol. The van der Waals surface area contributed by atoms with Crippen molar-refractivity contribution in [1.82, 2.24) is 10.3 Å². The van der Waals surface area contributed by atoms with Crippen molar-refractivity contribution >= 4 is 22.2 Å². The lowest BCUT2D eigenvalue weighted by atomic mass is 10.2. The van der Waals surface area contributed by atoms with Gasteiger partial charge in [0.15, 0.2) is 5.13 Å². The predicted octanol–water partition coefficient (Wildman–Crippen LogP) is 4.11. The number of thiazole rings is 1. The molecule has 1 aromatic carbocycles. The molecule has 1 aromatic heterocycles.